The number of ether oxygens (including phenoxy) is 1. The molecule has 2 atom stereocenters. The lowest BCUT2D eigenvalue weighted by atomic mass is 9.96. The van der Waals surface area contributed by atoms with E-state index in [0.717, 1.165) is 11.3 Å². The van der Waals surface area contributed by atoms with Crippen LogP contribution in [0.3, 0.4) is 0 Å². The molecule has 2 aromatic carbocycles. The van der Waals surface area contributed by atoms with Crippen molar-refractivity contribution in [2.45, 2.75) is 46.6 Å². The monoisotopic (exact) mass is 450 g/mol. The molecule has 7 nitrogen and oxygen atoms in total. The summed E-state index contributed by atoms with van der Waals surface area (Å²) in [4.78, 5) is 52.3. The number of carbonyl (C=O) groups excluding carboxylic acids is 4. The summed E-state index contributed by atoms with van der Waals surface area (Å²) in [6.07, 6.45) is 1.39. The number of carbonyl (C=O) groups is 4. The molecule has 1 N–H and O–H groups in total. The molecule has 0 bridgehead atoms. The van der Waals surface area contributed by atoms with Crippen molar-refractivity contribution < 1.29 is 23.9 Å². The number of hydrogen-bond donors (Lipinski definition) is 1. The Labute approximate surface area is 194 Å². The molecule has 2 aromatic rings. The van der Waals surface area contributed by atoms with Crippen LogP contribution in [0.5, 0.6) is 0 Å². The van der Waals surface area contributed by atoms with Gasteiger partial charge in [0.05, 0.1) is 23.3 Å². The lowest BCUT2D eigenvalue weighted by Crippen LogP contribution is -2.50. The molecule has 0 aliphatic carbocycles. The molecule has 0 aromatic heterocycles. The van der Waals surface area contributed by atoms with Gasteiger partial charge in [-0.3, -0.25) is 19.3 Å². The van der Waals surface area contributed by atoms with Crippen LogP contribution < -0.4 is 5.32 Å². The van der Waals surface area contributed by atoms with Crippen molar-refractivity contribution >= 4 is 29.4 Å². The summed E-state index contributed by atoms with van der Waals surface area (Å²) in [5, 5.41) is 2.79. The van der Waals surface area contributed by atoms with Crippen LogP contribution in [0.4, 0.5) is 5.69 Å². The van der Waals surface area contributed by atoms with E-state index in [0.29, 0.717) is 41.3 Å². The molecule has 1 aliphatic rings. The third-order valence-electron chi connectivity index (χ3n) is 5.87. The van der Waals surface area contributed by atoms with E-state index < -0.39 is 29.7 Å². The van der Waals surface area contributed by atoms with E-state index in [1.807, 2.05) is 13.8 Å². The lowest BCUT2D eigenvalue weighted by Gasteiger charge is -2.29. The second-order valence-corrected chi connectivity index (χ2v) is 8.74. The highest BCUT2D eigenvalue weighted by atomic mass is 16.5. The molecule has 174 valence electrons. The van der Waals surface area contributed by atoms with Crippen LogP contribution in [0.2, 0.25) is 0 Å². The van der Waals surface area contributed by atoms with Crippen molar-refractivity contribution in [2.75, 3.05) is 11.9 Å². The molecule has 2 unspecified atom stereocenters. The van der Waals surface area contributed by atoms with E-state index in [2.05, 4.69) is 19.2 Å². The Bertz CT molecular complexity index is 1010. The fourth-order valence-corrected chi connectivity index (χ4v) is 3.69. The van der Waals surface area contributed by atoms with Crippen LogP contribution in [0.15, 0.2) is 48.5 Å². The minimum absolute atomic E-state index is 0.248. The summed E-state index contributed by atoms with van der Waals surface area (Å²) < 4.78 is 5.26. The van der Waals surface area contributed by atoms with Crippen molar-refractivity contribution in [2.24, 2.45) is 11.8 Å². The van der Waals surface area contributed by atoms with Gasteiger partial charge in [-0.1, -0.05) is 46.2 Å². The van der Waals surface area contributed by atoms with E-state index in [-0.39, 0.29) is 5.92 Å². The fourth-order valence-electron chi connectivity index (χ4n) is 3.69. The molecule has 1 aliphatic heterocycles. The first kappa shape index (κ1) is 24.2. The molecule has 7 heteroatoms. The van der Waals surface area contributed by atoms with Crippen molar-refractivity contribution in [3.8, 4) is 0 Å². The van der Waals surface area contributed by atoms with E-state index in [1.54, 1.807) is 48.5 Å². The topological polar surface area (TPSA) is 92.8 Å². The maximum absolute atomic E-state index is 13.2. The van der Waals surface area contributed by atoms with Gasteiger partial charge in [0.15, 0.2) is 0 Å². The number of esters is 1. The zero-order chi connectivity index (χ0) is 24.1. The van der Waals surface area contributed by atoms with Crippen LogP contribution in [-0.4, -0.2) is 41.2 Å². The molecule has 3 rings (SSSR count). The summed E-state index contributed by atoms with van der Waals surface area (Å²) in [6, 6.07) is 12.0. The normalized spacial score (nSPS) is 14.8. The van der Waals surface area contributed by atoms with Crippen molar-refractivity contribution in [3.05, 3.63) is 65.2 Å². The highest BCUT2D eigenvalue weighted by Gasteiger charge is 2.44. The van der Waals surface area contributed by atoms with E-state index >= 15 is 0 Å². The van der Waals surface area contributed by atoms with Gasteiger partial charge < -0.3 is 10.1 Å². The predicted octanol–water partition coefficient (Wildman–Crippen LogP) is 4.54. The first-order valence-corrected chi connectivity index (χ1v) is 11.3. The lowest BCUT2D eigenvalue weighted by molar-refractivity contribution is -0.121. The Morgan fingerprint density at radius 1 is 0.939 bits per heavy atom. The summed E-state index contributed by atoms with van der Waals surface area (Å²) in [7, 11) is 0. The Kier molecular flexibility index (Phi) is 7.63. The summed E-state index contributed by atoms with van der Waals surface area (Å²) in [5.41, 5.74) is 1.46. The molecular weight excluding hydrogens is 420 g/mol. The minimum Gasteiger partial charge on any atom is -0.462 e. The number of amides is 3. The zero-order valence-corrected chi connectivity index (χ0v) is 19.5. The number of nitrogens with one attached hydrogen (secondary N) is 1. The number of nitrogens with zero attached hydrogens (tertiary/aromatic N) is 1. The van der Waals surface area contributed by atoms with Crippen LogP contribution >= 0.6 is 0 Å². The molecule has 3 amide bonds. The van der Waals surface area contributed by atoms with Crippen molar-refractivity contribution in [1.29, 1.82) is 0 Å². The number of benzene rings is 2. The zero-order valence-electron chi connectivity index (χ0n) is 19.5. The molecule has 0 saturated heterocycles. The van der Waals surface area contributed by atoms with Crippen molar-refractivity contribution in [3.63, 3.8) is 0 Å². The maximum Gasteiger partial charge on any atom is 0.338 e. The highest BCUT2D eigenvalue weighted by Crippen LogP contribution is 2.29. The van der Waals surface area contributed by atoms with Gasteiger partial charge in [-0.25, -0.2) is 4.79 Å². The van der Waals surface area contributed by atoms with E-state index in [1.165, 1.54) is 0 Å². The molecule has 1 heterocycles. The van der Waals surface area contributed by atoms with Crippen LogP contribution in [0, 0.1) is 11.8 Å². The fraction of sp³-hybridized carbons (Fsp3) is 0.385. The standard InChI is InChI=1S/C26H30N2O5/c1-5-17(4)22(28-24(30)20-8-6-7-9-21(20)25(28)31)23(29)27-19-12-10-18(11-13-19)26(32)33-15-14-16(2)3/h6-13,16-17,22H,5,14-15H2,1-4H3,(H,27,29). The van der Waals surface area contributed by atoms with Gasteiger partial charge in [0.2, 0.25) is 5.91 Å². The Morgan fingerprint density at radius 3 is 2.03 bits per heavy atom. The van der Waals surface area contributed by atoms with Gasteiger partial charge in [0.1, 0.15) is 6.04 Å². The van der Waals surface area contributed by atoms with E-state index in [4.69, 9.17) is 4.74 Å². The van der Waals surface area contributed by atoms with Crippen molar-refractivity contribution in [1.82, 2.24) is 4.90 Å². The Hall–Kier alpha value is -3.48. The molecule has 33 heavy (non-hydrogen) atoms. The van der Waals surface area contributed by atoms with Crippen LogP contribution in [0.1, 0.15) is 71.6 Å². The third-order valence-corrected chi connectivity index (χ3v) is 5.87. The number of hydrogen-bond acceptors (Lipinski definition) is 5. The van der Waals surface area contributed by atoms with Gasteiger partial charge in [-0.2, -0.15) is 0 Å². The van der Waals surface area contributed by atoms with Crippen LogP contribution in [0.25, 0.3) is 0 Å². The quantitative estimate of drug-likeness (QED) is 0.447. The summed E-state index contributed by atoms with van der Waals surface area (Å²) >= 11 is 0. The molecule has 0 radical (unpaired) electrons. The first-order valence-electron chi connectivity index (χ1n) is 11.3. The van der Waals surface area contributed by atoms with Gasteiger partial charge in [-0.05, 0) is 54.7 Å². The minimum atomic E-state index is -0.955. The predicted molar refractivity (Wildman–Crippen MR) is 125 cm³/mol. The average molecular weight is 451 g/mol. The van der Waals surface area contributed by atoms with Crippen LogP contribution in [-0.2, 0) is 9.53 Å². The van der Waals surface area contributed by atoms with E-state index in [9.17, 15) is 19.2 Å². The maximum atomic E-state index is 13.2. The third kappa shape index (κ3) is 5.30. The summed E-state index contributed by atoms with van der Waals surface area (Å²) in [5.74, 6) is -1.60. The smallest absolute Gasteiger partial charge is 0.338 e. The molecular formula is C26H30N2O5. The SMILES string of the molecule is CCC(C)C(C(=O)Nc1ccc(C(=O)OCCC(C)C)cc1)N1C(=O)c2ccccc2C1=O. The van der Waals surface area contributed by atoms with Gasteiger partial charge in [0, 0.05) is 5.69 Å². The Morgan fingerprint density at radius 2 is 1.52 bits per heavy atom. The van der Waals surface area contributed by atoms with Gasteiger partial charge >= 0.3 is 5.97 Å². The second kappa shape index (κ2) is 10.4. The summed E-state index contributed by atoms with van der Waals surface area (Å²) in [6.45, 7) is 8.21. The van der Waals surface area contributed by atoms with Gasteiger partial charge in [-0.15, -0.1) is 0 Å². The number of anilines is 1. The Balaban J connectivity index is 1.73. The first-order chi connectivity index (χ1) is 15.7. The molecule has 0 spiro atoms. The molecule has 0 saturated carbocycles. The average Bonchev–Trinajstić information content (AvgIpc) is 3.04. The second-order valence-electron chi connectivity index (χ2n) is 8.74. The number of imide groups is 1. The molecule has 0 fully saturated rings. The number of rotatable bonds is 9. The number of fused-ring (bicyclic) bond motifs is 1. The largest absolute Gasteiger partial charge is 0.462 e. The van der Waals surface area contributed by atoms with Gasteiger partial charge in [0.25, 0.3) is 11.8 Å². The highest BCUT2D eigenvalue weighted by molar-refractivity contribution is 6.23.